The first-order chi connectivity index (χ1) is 19.4. The van der Waals surface area contributed by atoms with Crippen molar-refractivity contribution in [2.75, 3.05) is 9.80 Å². The van der Waals surface area contributed by atoms with Crippen molar-refractivity contribution < 1.29 is 19.2 Å². The summed E-state index contributed by atoms with van der Waals surface area (Å²) in [4.78, 5) is 58.6. The summed E-state index contributed by atoms with van der Waals surface area (Å²) >= 11 is 0. The van der Waals surface area contributed by atoms with Gasteiger partial charge in [0.2, 0.25) is 0 Å². The molecule has 40 heavy (non-hydrogen) atoms. The van der Waals surface area contributed by atoms with Gasteiger partial charge in [0.15, 0.2) is 0 Å². The molecule has 0 aliphatic carbocycles. The largest absolute Gasteiger partial charge is 0.268 e. The van der Waals surface area contributed by atoms with Crippen LogP contribution in [0.2, 0.25) is 0 Å². The molecular formula is C34H30N2O4. The maximum atomic E-state index is 14.0. The third kappa shape index (κ3) is 3.41. The van der Waals surface area contributed by atoms with Gasteiger partial charge >= 0.3 is 0 Å². The maximum Gasteiger partial charge on any atom is 0.266 e. The average molecular weight is 531 g/mol. The molecule has 200 valence electrons. The quantitative estimate of drug-likeness (QED) is 0.260. The lowest BCUT2D eigenvalue weighted by atomic mass is 9.85. The fourth-order valence-corrected chi connectivity index (χ4v) is 6.29. The van der Waals surface area contributed by atoms with Gasteiger partial charge in [-0.2, -0.15) is 0 Å². The number of hydrogen-bond donors (Lipinski definition) is 0. The Morgan fingerprint density at radius 1 is 0.425 bits per heavy atom. The van der Waals surface area contributed by atoms with Gasteiger partial charge in [0.25, 0.3) is 23.6 Å². The molecule has 0 N–H and O–H groups in total. The lowest BCUT2D eigenvalue weighted by Gasteiger charge is -2.34. The van der Waals surface area contributed by atoms with Gasteiger partial charge in [-0.3, -0.25) is 19.2 Å². The molecule has 0 spiro atoms. The van der Waals surface area contributed by atoms with Gasteiger partial charge in [-0.1, -0.05) is 64.1 Å². The summed E-state index contributed by atoms with van der Waals surface area (Å²) in [7, 11) is 0. The van der Waals surface area contributed by atoms with Crippen LogP contribution in [0.3, 0.4) is 0 Å². The van der Waals surface area contributed by atoms with Crippen molar-refractivity contribution in [3.63, 3.8) is 0 Å². The Morgan fingerprint density at radius 3 is 0.900 bits per heavy atom. The molecule has 2 heterocycles. The zero-order valence-electron chi connectivity index (χ0n) is 23.1. The second-order valence-corrected chi connectivity index (χ2v) is 10.2. The van der Waals surface area contributed by atoms with E-state index in [0.717, 1.165) is 22.3 Å². The number of imide groups is 2. The van der Waals surface area contributed by atoms with Crippen LogP contribution in [0, 0.1) is 0 Å². The fraction of sp³-hybridized carbons (Fsp3) is 0.235. The van der Waals surface area contributed by atoms with E-state index in [-0.39, 0.29) is 0 Å². The van der Waals surface area contributed by atoms with E-state index < -0.39 is 23.6 Å². The highest BCUT2D eigenvalue weighted by Gasteiger charge is 2.42. The topological polar surface area (TPSA) is 74.8 Å². The first kappa shape index (κ1) is 25.7. The predicted octanol–water partition coefficient (Wildman–Crippen LogP) is 6.69. The van der Waals surface area contributed by atoms with Gasteiger partial charge in [-0.05, 0) is 72.2 Å². The first-order valence-electron chi connectivity index (χ1n) is 14.0. The smallest absolute Gasteiger partial charge is 0.266 e. The Morgan fingerprint density at radius 2 is 0.675 bits per heavy atom. The Labute approximate surface area is 233 Å². The molecule has 0 saturated carbocycles. The highest BCUT2D eigenvalue weighted by Crippen LogP contribution is 2.42. The summed E-state index contributed by atoms with van der Waals surface area (Å²) in [6.07, 6.45) is 2.66. The number of carbonyl (C=O) groups excluding carboxylic acids is 4. The molecule has 4 amide bonds. The Balaban J connectivity index is 1.57. The van der Waals surface area contributed by atoms with Crippen LogP contribution in [0.5, 0.6) is 0 Å². The third-order valence-corrected chi connectivity index (χ3v) is 8.27. The van der Waals surface area contributed by atoms with Crippen molar-refractivity contribution in [2.24, 2.45) is 0 Å². The maximum absolute atomic E-state index is 14.0. The highest BCUT2D eigenvalue weighted by atomic mass is 16.2. The standard InChI is InChI=1S/C34H30N2O4/c1-5-19-11-9-12-20(6-2)29(19)35-31(37)23-15-17-25-28-26(18-16-24(27(23)28)32(35)38)34(40)36(33(25)39)30-21(7-3)13-10-14-22(30)8-4/h9-18H,5-8H2,1-4H3. The number of nitrogens with zero attached hydrogens (tertiary/aromatic N) is 2. The average Bonchev–Trinajstić information content (AvgIpc) is 2.98. The molecule has 0 saturated heterocycles. The minimum atomic E-state index is -0.441. The van der Waals surface area contributed by atoms with Crippen LogP contribution < -0.4 is 9.80 Å². The van der Waals surface area contributed by atoms with E-state index in [1.807, 2.05) is 64.1 Å². The van der Waals surface area contributed by atoms with Crippen LogP contribution in [0.15, 0.2) is 60.7 Å². The molecule has 0 aromatic heterocycles. The summed E-state index contributed by atoms with van der Waals surface area (Å²) in [5.74, 6) is -1.76. The lowest BCUT2D eigenvalue weighted by molar-refractivity contribution is 0.0872. The second kappa shape index (κ2) is 9.56. The molecule has 0 radical (unpaired) electrons. The fourth-order valence-electron chi connectivity index (χ4n) is 6.29. The van der Waals surface area contributed by atoms with E-state index in [1.54, 1.807) is 24.3 Å². The van der Waals surface area contributed by atoms with Crippen LogP contribution in [-0.2, 0) is 25.7 Å². The Hall–Kier alpha value is -4.58. The van der Waals surface area contributed by atoms with Crippen LogP contribution in [0.1, 0.15) is 91.4 Å². The van der Waals surface area contributed by atoms with E-state index >= 15 is 0 Å². The Kier molecular flexibility index (Phi) is 6.14. The minimum Gasteiger partial charge on any atom is -0.268 e. The zero-order valence-corrected chi connectivity index (χ0v) is 23.1. The number of carbonyl (C=O) groups is 4. The highest BCUT2D eigenvalue weighted by molar-refractivity contribution is 6.42. The number of amides is 4. The lowest BCUT2D eigenvalue weighted by Crippen LogP contribution is -2.44. The van der Waals surface area contributed by atoms with Gasteiger partial charge in [0, 0.05) is 33.0 Å². The second-order valence-electron chi connectivity index (χ2n) is 10.2. The van der Waals surface area contributed by atoms with E-state index in [4.69, 9.17) is 0 Å². The molecule has 6 nitrogen and oxygen atoms in total. The molecule has 4 aromatic rings. The van der Waals surface area contributed by atoms with Crippen molar-refractivity contribution in [1.82, 2.24) is 0 Å². The van der Waals surface area contributed by atoms with E-state index in [2.05, 4.69) is 0 Å². The molecule has 2 aliphatic heterocycles. The van der Waals surface area contributed by atoms with Crippen LogP contribution in [0.4, 0.5) is 11.4 Å². The SMILES string of the molecule is CCc1cccc(CC)c1N1C(=O)c2ccc3c4c(ccc(c24)C1=O)C(=O)N(c1c(CC)cccc1CC)C3=O. The summed E-state index contributed by atoms with van der Waals surface area (Å²) in [6, 6.07) is 18.2. The number of aryl methyl sites for hydroxylation is 4. The van der Waals surface area contributed by atoms with Crippen molar-refractivity contribution in [3.8, 4) is 0 Å². The molecule has 0 atom stereocenters. The van der Waals surface area contributed by atoms with Gasteiger partial charge in [0.05, 0.1) is 11.4 Å². The van der Waals surface area contributed by atoms with E-state index in [1.165, 1.54) is 9.80 Å². The van der Waals surface area contributed by atoms with Crippen molar-refractivity contribution in [3.05, 3.63) is 105 Å². The van der Waals surface area contributed by atoms with Crippen LogP contribution in [-0.4, -0.2) is 23.6 Å². The molecule has 6 heteroatoms. The summed E-state index contributed by atoms with van der Waals surface area (Å²) in [5.41, 5.74) is 6.19. The summed E-state index contributed by atoms with van der Waals surface area (Å²) < 4.78 is 0. The number of benzene rings is 4. The number of para-hydroxylation sites is 2. The minimum absolute atomic E-state index is 0.320. The van der Waals surface area contributed by atoms with Crippen LogP contribution >= 0.6 is 0 Å². The molecule has 0 unspecified atom stereocenters. The normalized spacial score (nSPS) is 14.5. The monoisotopic (exact) mass is 530 g/mol. The van der Waals surface area contributed by atoms with E-state index in [9.17, 15) is 19.2 Å². The molecular weight excluding hydrogens is 500 g/mol. The van der Waals surface area contributed by atoms with Crippen molar-refractivity contribution >= 4 is 45.8 Å². The van der Waals surface area contributed by atoms with Crippen molar-refractivity contribution in [1.29, 1.82) is 0 Å². The molecule has 0 fully saturated rings. The van der Waals surface area contributed by atoms with Crippen molar-refractivity contribution in [2.45, 2.75) is 53.4 Å². The first-order valence-corrected chi connectivity index (χ1v) is 14.0. The van der Waals surface area contributed by atoms with Gasteiger partial charge in [0.1, 0.15) is 0 Å². The molecule has 6 rings (SSSR count). The molecule has 2 aliphatic rings. The number of anilines is 2. The van der Waals surface area contributed by atoms with Gasteiger partial charge in [-0.15, -0.1) is 0 Å². The van der Waals surface area contributed by atoms with Gasteiger partial charge in [-0.25, -0.2) is 9.80 Å². The molecule has 4 aromatic carbocycles. The molecule has 0 bridgehead atoms. The third-order valence-electron chi connectivity index (χ3n) is 8.27. The Bertz CT molecular complexity index is 1540. The summed E-state index contributed by atoms with van der Waals surface area (Å²) in [6.45, 7) is 8.00. The number of rotatable bonds is 6. The van der Waals surface area contributed by atoms with Gasteiger partial charge < -0.3 is 0 Å². The van der Waals surface area contributed by atoms with E-state index in [0.29, 0.717) is 70.1 Å². The number of hydrogen-bond acceptors (Lipinski definition) is 4. The predicted molar refractivity (Wildman–Crippen MR) is 157 cm³/mol. The van der Waals surface area contributed by atoms with Crippen LogP contribution in [0.25, 0.3) is 10.8 Å². The zero-order chi connectivity index (χ0) is 28.3. The summed E-state index contributed by atoms with van der Waals surface area (Å²) in [5, 5.41) is 0.767.